The van der Waals surface area contributed by atoms with E-state index in [4.69, 9.17) is 0 Å². The van der Waals surface area contributed by atoms with E-state index >= 15 is 0 Å². The lowest BCUT2D eigenvalue weighted by Gasteiger charge is -2.70. The molecule has 4 aliphatic rings. The molecule has 0 aromatic heterocycles. The Morgan fingerprint density at radius 2 is 1.71 bits per heavy atom. The number of hydrogen-bond acceptors (Lipinski definition) is 4. The van der Waals surface area contributed by atoms with E-state index in [-0.39, 0.29) is 45.7 Å². The van der Waals surface area contributed by atoms with Crippen molar-refractivity contribution in [3.8, 4) is 0 Å². The molecule has 4 fully saturated rings. The molecule has 0 aliphatic heterocycles. The Morgan fingerprint density at radius 1 is 1.06 bits per heavy atom. The van der Waals surface area contributed by atoms with Gasteiger partial charge in [0.05, 0.1) is 17.8 Å². The molecule has 0 aromatic carbocycles. The third kappa shape index (κ3) is 3.52. The van der Waals surface area contributed by atoms with Crippen molar-refractivity contribution in [3.05, 3.63) is 11.6 Å². The summed E-state index contributed by atoms with van der Waals surface area (Å²) < 4.78 is 0. The first-order chi connectivity index (χ1) is 15.5. The molecule has 4 heteroatoms. The van der Waals surface area contributed by atoms with Crippen LogP contribution in [0.4, 0.5) is 0 Å². The first-order valence-electron chi connectivity index (χ1n) is 13.8. The summed E-state index contributed by atoms with van der Waals surface area (Å²) in [5, 5.41) is 35.0. The quantitative estimate of drug-likeness (QED) is 0.458. The van der Waals surface area contributed by atoms with Crippen molar-refractivity contribution in [2.75, 3.05) is 0 Å². The predicted molar refractivity (Wildman–Crippen MR) is 136 cm³/mol. The zero-order chi connectivity index (χ0) is 25.5. The number of carbonyl (C=O) groups excluding carboxylic acids is 1. The highest BCUT2D eigenvalue weighted by atomic mass is 16.3. The van der Waals surface area contributed by atoms with Crippen LogP contribution in [0.3, 0.4) is 0 Å². The van der Waals surface area contributed by atoms with Crippen LogP contribution in [0, 0.1) is 45.3 Å². The van der Waals surface area contributed by atoms with Crippen LogP contribution in [0.15, 0.2) is 11.6 Å². The molecule has 10 unspecified atom stereocenters. The fourth-order valence-electron chi connectivity index (χ4n) is 10.3. The Labute approximate surface area is 207 Å². The average molecular weight is 475 g/mol. The molecule has 0 aromatic rings. The van der Waals surface area contributed by atoms with Crippen molar-refractivity contribution in [3.63, 3.8) is 0 Å². The van der Waals surface area contributed by atoms with Gasteiger partial charge in [0.15, 0.2) is 0 Å². The maximum Gasteiger partial charge on any atom is 0.138 e. The van der Waals surface area contributed by atoms with Gasteiger partial charge in [-0.2, -0.15) is 0 Å². The molecule has 0 radical (unpaired) electrons. The van der Waals surface area contributed by atoms with E-state index in [1.165, 1.54) is 5.57 Å². The van der Waals surface area contributed by atoms with Gasteiger partial charge in [-0.3, -0.25) is 4.79 Å². The molecular weight excluding hydrogens is 424 g/mol. The standard InChI is InChI=1S/C30H50O4/c1-18(2)10-9-13-30(8,34)19-11-15-28(6)24(19)20(31)16-22-27(5)14-12-23(33)26(3,4)25(27)21(32)17-29(22,28)7/h10,19-22,24-25,31-32,34H,9,11-17H2,1-8H3. The Morgan fingerprint density at radius 3 is 2.32 bits per heavy atom. The lowest BCUT2D eigenvalue weighted by molar-refractivity contribution is -0.258. The van der Waals surface area contributed by atoms with E-state index in [2.05, 4.69) is 40.7 Å². The van der Waals surface area contributed by atoms with E-state index in [0.29, 0.717) is 25.7 Å². The Kier molecular flexibility index (Phi) is 6.32. The number of Topliss-reactive ketones (excluding diaryl/α,β-unsaturated/α-hetero) is 1. The fourth-order valence-corrected chi connectivity index (χ4v) is 10.3. The van der Waals surface area contributed by atoms with Crippen LogP contribution in [-0.2, 0) is 4.79 Å². The Balaban J connectivity index is 1.71. The highest BCUT2D eigenvalue weighted by Gasteiger charge is 2.73. The van der Waals surface area contributed by atoms with Crippen LogP contribution in [0.2, 0.25) is 0 Å². The number of aliphatic hydroxyl groups is 3. The second-order valence-electron chi connectivity index (χ2n) is 14.4. The van der Waals surface area contributed by atoms with Gasteiger partial charge in [0.2, 0.25) is 0 Å². The summed E-state index contributed by atoms with van der Waals surface area (Å²) in [6, 6.07) is 0. The van der Waals surface area contributed by atoms with Gasteiger partial charge in [0.25, 0.3) is 0 Å². The molecule has 4 aliphatic carbocycles. The molecule has 4 saturated carbocycles. The second kappa shape index (κ2) is 8.15. The minimum Gasteiger partial charge on any atom is -0.393 e. The zero-order valence-electron chi connectivity index (χ0n) is 22.9. The fraction of sp³-hybridized carbons (Fsp3) is 0.900. The van der Waals surface area contributed by atoms with Crippen LogP contribution in [-0.4, -0.2) is 38.9 Å². The summed E-state index contributed by atoms with van der Waals surface area (Å²) in [7, 11) is 0. The number of ketones is 1. The molecule has 4 nitrogen and oxygen atoms in total. The van der Waals surface area contributed by atoms with Crippen molar-refractivity contribution < 1.29 is 20.1 Å². The lowest BCUT2D eigenvalue weighted by atomic mass is 9.34. The molecule has 4 rings (SSSR count). The minimum atomic E-state index is -0.822. The third-order valence-corrected chi connectivity index (χ3v) is 12.0. The van der Waals surface area contributed by atoms with Crippen molar-refractivity contribution in [2.24, 2.45) is 45.3 Å². The van der Waals surface area contributed by atoms with E-state index in [9.17, 15) is 20.1 Å². The van der Waals surface area contributed by atoms with Crippen LogP contribution in [0.5, 0.6) is 0 Å². The van der Waals surface area contributed by atoms with E-state index < -0.39 is 23.2 Å². The number of carbonyl (C=O) groups is 1. The molecule has 194 valence electrons. The summed E-state index contributed by atoms with van der Waals surface area (Å²) in [4.78, 5) is 12.9. The van der Waals surface area contributed by atoms with Gasteiger partial charge in [-0.15, -0.1) is 0 Å². The molecule has 0 saturated heterocycles. The summed E-state index contributed by atoms with van der Waals surface area (Å²) >= 11 is 0. The molecule has 0 bridgehead atoms. The van der Waals surface area contributed by atoms with Gasteiger partial charge in [-0.1, -0.05) is 46.3 Å². The van der Waals surface area contributed by atoms with Gasteiger partial charge < -0.3 is 15.3 Å². The van der Waals surface area contributed by atoms with E-state index in [1.807, 2.05) is 20.8 Å². The number of hydrogen-bond donors (Lipinski definition) is 3. The van der Waals surface area contributed by atoms with Gasteiger partial charge in [0.1, 0.15) is 5.78 Å². The highest BCUT2D eigenvalue weighted by molar-refractivity contribution is 5.85. The SMILES string of the molecule is CC(C)=CCCC(C)(O)C1CCC2(C)C1C(O)CC1C3(C)CCC(=O)C(C)(C)C3C(O)CC12C. The molecule has 0 spiro atoms. The molecule has 0 amide bonds. The first kappa shape index (κ1) is 26.4. The average Bonchev–Trinajstić information content (AvgIpc) is 3.07. The van der Waals surface area contributed by atoms with Crippen molar-refractivity contribution in [1.29, 1.82) is 0 Å². The Bertz CT molecular complexity index is 854. The minimum absolute atomic E-state index is 0.0287. The van der Waals surface area contributed by atoms with Crippen LogP contribution >= 0.6 is 0 Å². The summed E-state index contributed by atoms with van der Waals surface area (Å²) in [6.07, 6.45) is 7.43. The van der Waals surface area contributed by atoms with Gasteiger partial charge >= 0.3 is 0 Å². The molecule has 34 heavy (non-hydrogen) atoms. The van der Waals surface area contributed by atoms with E-state index in [0.717, 1.165) is 25.7 Å². The van der Waals surface area contributed by atoms with Gasteiger partial charge in [0, 0.05) is 17.8 Å². The van der Waals surface area contributed by atoms with Crippen LogP contribution in [0.25, 0.3) is 0 Å². The van der Waals surface area contributed by atoms with Crippen LogP contribution < -0.4 is 0 Å². The van der Waals surface area contributed by atoms with Crippen molar-refractivity contribution >= 4 is 5.78 Å². The molecule has 0 heterocycles. The maximum atomic E-state index is 12.9. The highest BCUT2D eigenvalue weighted by Crippen LogP contribution is 2.75. The lowest BCUT2D eigenvalue weighted by Crippen LogP contribution is -2.69. The van der Waals surface area contributed by atoms with Gasteiger partial charge in [-0.05, 0) is 99.7 Å². The zero-order valence-corrected chi connectivity index (χ0v) is 22.9. The predicted octanol–water partition coefficient (Wildman–Crippen LogP) is 5.68. The smallest absolute Gasteiger partial charge is 0.138 e. The van der Waals surface area contributed by atoms with Gasteiger partial charge in [-0.25, -0.2) is 0 Å². The monoisotopic (exact) mass is 474 g/mol. The number of aliphatic hydroxyl groups excluding tert-OH is 2. The second-order valence-corrected chi connectivity index (χ2v) is 14.4. The number of fused-ring (bicyclic) bond motifs is 5. The van der Waals surface area contributed by atoms with E-state index in [1.54, 1.807) is 0 Å². The summed E-state index contributed by atoms with van der Waals surface area (Å²) in [6.45, 7) is 17.2. The molecule has 3 N–H and O–H groups in total. The molecular formula is C30H50O4. The number of allylic oxidation sites excluding steroid dienone is 2. The Hall–Kier alpha value is -0.710. The largest absolute Gasteiger partial charge is 0.393 e. The topological polar surface area (TPSA) is 77.8 Å². The van der Waals surface area contributed by atoms with Crippen molar-refractivity contribution in [1.82, 2.24) is 0 Å². The molecule has 10 atom stereocenters. The maximum absolute atomic E-state index is 12.9. The van der Waals surface area contributed by atoms with Crippen molar-refractivity contribution in [2.45, 2.75) is 125 Å². The summed E-state index contributed by atoms with van der Waals surface area (Å²) in [5.41, 5.74) is -0.555. The van der Waals surface area contributed by atoms with Crippen LogP contribution in [0.1, 0.15) is 107 Å². The number of rotatable bonds is 4. The third-order valence-electron chi connectivity index (χ3n) is 12.0. The summed E-state index contributed by atoms with van der Waals surface area (Å²) in [5.74, 6) is 0.540. The normalized spacial score (nSPS) is 49.4. The first-order valence-corrected chi connectivity index (χ1v) is 13.8.